The third kappa shape index (κ3) is 4.16. The summed E-state index contributed by atoms with van der Waals surface area (Å²) in [6.45, 7) is 5.41. The van der Waals surface area contributed by atoms with Crippen LogP contribution in [0.4, 0.5) is 5.82 Å². The molecule has 0 saturated carbocycles. The van der Waals surface area contributed by atoms with Crippen LogP contribution in [0.3, 0.4) is 0 Å². The molecule has 0 aliphatic heterocycles. The van der Waals surface area contributed by atoms with Crippen molar-refractivity contribution in [2.75, 3.05) is 38.8 Å². The Hall–Kier alpha value is -0.810. The zero-order valence-electron chi connectivity index (χ0n) is 11.3. The molecule has 0 saturated heterocycles. The molecule has 1 heterocycles. The minimum atomic E-state index is 0.431. The van der Waals surface area contributed by atoms with Gasteiger partial charge in [-0.25, -0.2) is 9.97 Å². The van der Waals surface area contributed by atoms with Crippen molar-refractivity contribution < 1.29 is 0 Å². The third-order valence-corrected chi connectivity index (χ3v) is 3.42. The van der Waals surface area contributed by atoms with Gasteiger partial charge in [-0.3, -0.25) is 0 Å². The largest absolute Gasteiger partial charge is 0.373 e. The van der Waals surface area contributed by atoms with Crippen molar-refractivity contribution in [1.82, 2.24) is 14.9 Å². The second kappa shape index (κ2) is 6.81. The minimum Gasteiger partial charge on any atom is -0.373 e. The first-order chi connectivity index (χ1) is 8.06. The lowest BCUT2D eigenvalue weighted by Crippen LogP contribution is -2.15. The van der Waals surface area contributed by atoms with Crippen LogP contribution in [0.2, 0.25) is 0 Å². The summed E-state index contributed by atoms with van der Waals surface area (Å²) in [4.78, 5) is 10.9. The quantitative estimate of drug-likeness (QED) is 0.623. The Kier molecular flexibility index (Phi) is 5.71. The van der Waals surface area contributed by atoms with Gasteiger partial charge in [0.25, 0.3) is 0 Å². The molecule has 1 aromatic heterocycles. The average Bonchev–Trinajstić information content (AvgIpc) is 2.27. The van der Waals surface area contributed by atoms with Gasteiger partial charge < -0.3 is 10.2 Å². The van der Waals surface area contributed by atoms with Crippen LogP contribution in [0, 0.1) is 0 Å². The maximum Gasteiger partial charge on any atom is 0.133 e. The van der Waals surface area contributed by atoms with Crippen molar-refractivity contribution in [2.24, 2.45) is 0 Å². The molecule has 1 rings (SSSR count). The zero-order valence-corrected chi connectivity index (χ0v) is 12.1. The van der Waals surface area contributed by atoms with Crippen LogP contribution in [0.25, 0.3) is 0 Å². The summed E-state index contributed by atoms with van der Waals surface area (Å²) in [6, 6.07) is 0. The van der Waals surface area contributed by atoms with E-state index in [2.05, 4.69) is 48.1 Å². The summed E-state index contributed by atoms with van der Waals surface area (Å²) in [5, 5.41) is 4.24. The SMILES string of the molecule is CNc1ncnc(SCCN(C)C)c1C(C)C. The Labute approximate surface area is 108 Å². The first-order valence-corrected chi connectivity index (χ1v) is 6.85. The fourth-order valence-electron chi connectivity index (χ4n) is 1.54. The van der Waals surface area contributed by atoms with Gasteiger partial charge in [0.1, 0.15) is 17.2 Å². The molecule has 0 unspecified atom stereocenters. The predicted molar refractivity (Wildman–Crippen MR) is 74.9 cm³/mol. The normalized spacial score (nSPS) is 11.2. The molecule has 4 nitrogen and oxygen atoms in total. The molecule has 0 bridgehead atoms. The van der Waals surface area contributed by atoms with Crippen LogP contribution in [0.1, 0.15) is 25.3 Å². The molecule has 0 radical (unpaired) electrons. The number of hydrogen-bond donors (Lipinski definition) is 1. The maximum atomic E-state index is 4.40. The Morgan fingerprint density at radius 1 is 1.35 bits per heavy atom. The summed E-state index contributed by atoms with van der Waals surface area (Å²) < 4.78 is 0. The number of rotatable bonds is 6. The van der Waals surface area contributed by atoms with E-state index in [1.54, 1.807) is 18.1 Å². The van der Waals surface area contributed by atoms with Crippen molar-refractivity contribution in [3.63, 3.8) is 0 Å². The van der Waals surface area contributed by atoms with Gasteiger partial charge in [-0.05, 0) is 20.0 Å². The zero-order chi connectivity index (χ0) is 12.8. The summed E-state index contributed by atoms with van der Waals surface area (Å²) >= 11 is 1.80. The lowest BCUT2D eigenvalue weighted by molar-refractivity contribution is 0.437. The van der Waals surface area contributed by atoms with Gasteiger partial charge in [0.05, 0.1) is 0 Å². The molecular formula is C12H22N4S. The second-order valence-corrected chi connectivity index (χ2v) is 5.58. The molecule has 0 fully saturated rings. The van der Waals surface area contributed by atoms with E-state index in [0.717, 1.165) is 23.1 Å². The second-order valence-electron chi connectivity index (χ2n) is 4.50. The van der Waals surface area contributed by atoms with E-state index in [9.17, 15) is 0 Å². The van der Waals surface area contributed by atoms with Gasteiger partial charge in [-0.15, -0.1) is 11.8 Å². The van der Waals surface area contributed by atoms with Crippen molar-refractivity contribution in [1.29, 1.82) is 0 Å². The Morgan fingerprint density at radius 3 is 2.59 bits per heavy atom. The van der Waals surface area contributed by atoms with Crippen LogP contribution in [-0.4, -0.2) is 48.3 Å². The molecule has 0 aliphatic carbocycles. The molecule has 5 heteroatoms. The number of thioether (sulfide) groups is 1. The lowest BCUT2D eigenvalue weighted by Gasteiger charge is -2.15. The van der Waals surface area contributed by atoms with Crippen molar-refractivity contribution in [3.05, 3.63) is 11.9 Å². The maximum absolute atomic E-state index is 4.40. The number of nitrogens with zero attached hydrogens (tertiary/aromatic N) is 3. The monoisotopic (exact) mass is 254 g/mol. The molecule has 17 heavy (non-hydrogen) atoms. The van der Waals surface area contributed by atoms with Gasteiger partial charge in [-0.1, -0.05) is 13.8 Å². The van der Waals surface area contributed by atoms with Crippen LogP contribution >= 0.6 is 11.8 Å². The third-order valence-electron chi connectivity index (χ3n) is 2.44. The van der Waals surface area contributed by atoms with Crippen LogP contribution in [-0.2, 0) is 0 Å². The minimum absolute atomic E-state index is 0.431. The first kappa shape index (κ1) is 14.3. The highest BCUT2D eigenvalue weighted by atomic mass is 32.2. The fraction of sp³-hybridized carbons (Fsp3) is 0.667. The highest BCUT2D eigenvalue weighted by Gasteiger charge is 2.14. The van der Waals surface area contributed by atoms with Crippen LogP contribution in [0.5, 0.6) is 0 Å². The van der Waals surface area contributed by atoms with E-state index in [4.69, 9.17) is 0 Å². The van der Waals surface area contributed by atoms with E-state index in [0.29, 0.717) is 5.92 Å². The van der Waals surface area contributed by atoms with Crippen molar-refractivity contribution in [2.45, 2.75) is 24.8 Å². The Morgan fingerprint density at radius 2 is 2.06 bits per heavy atom. The summed E-state index contributed by atoms with van der Waals surface area (Å²) in [7, 11) is 6.08. The molecule has 1 aromatic rings. The van der Waals surface area contributed by atoms with Gasteiger partial charge >= 0.3 is 0 Å². The highest BCUT2D eigenvalue weighted by Crippen LogP contribution is 2.30. The molecule has 1 N–H and O–H groups in total. The molecule has 0 atom stereocenters. The highest BCUT2D eigenvalue weighted by molar-refractivity contribution is 7.99. The molecule has 0 amide bonds. The summed E-state index contributed by atoms with van der Waals surface area (Å²) in [5.41, 5.74) is 1.22. The van der Waals surface area contributed by atoms with Gasteiger partial charge in [0, 0.05) is 24.9 Å². The molecule has 0 aromatic carbocycles. The summed E-state index contributed by atoms with van der Waals surface area (Å²) in [6.07, 6.45) is 1.63. The Balaban J connectivity index is 2.83. The number of hydrogen-bond acceptors (Lipinski definition) is 5. The Bertz CT molecular complexity index is 352. The van der Waals surface area contributed by atoms with E-state index < -0.39 is 0 Å². The average molecular weight is 254 g/mol. The van der Waals surface area contributed by atoms with E-state index in [-0.39, 0.29) is 0 Å². The standard InChI is InChI=1S/C12H22N4S/c1-9(2)10-11(13-3)14-8-15-12(10)17-7-6-16(4)5/h8-9H,6-7H2,1-5H3,(H,13,14,15). The predicted octanol–water partition coefficient (Wildman–Crippen LogP) is 2.30. The fourth-order valence-corrected chi connectivity index (χ4v) is 2.80. The van der Waals surface area contributed by atoms with Gasteiger partial charge in [0.2, 0.25) is 0 Å². The number of nitrogens with one attached hydrogen (secondary N) is 1. The lowest BCUT2D eigenvalue weighted by atomic mass is 10.1. The first-order valence-electron chi connectivity index (χ1n) is 5.86. The molecule has 0 aliphatic rings. The van der Waals surface area contributed by atoms with E-state index in [1.165, 1.54) is 5.56 Å². The number of aromatic nitrogens is 2. The molecular weight excluding hydrogens is 232 g/mol. The topological polar surface area (TPSA) is 41.1 Å². The van der Waals surface area contributed by atoms with E-state index in [1.807, 2.05) is 7.05 Å². The van der Waals surface area contributed by atoms with Crippen LogP contribution in [0.15, 0.2) is 11.4 Å². The summed E-state index contributed by atoms with van der Waals surface area (Å²) in [5.74, 6) is 2.43. The molecule has 0 spiro atoms. The number of anilines is 1. The van der Waals surface area contributed by atoms with Crippen LogP contribution < -0.4 is 5.32 Å². The van der Waals surface area contributed by atoms with Crippen molar-refractivity contribution in [3.8, 4) is 0 Å². The molecule has 96 valence electrons. The van der Waals surface area contributed by atoms with Crippen molar-refractivity contribution >= 4 is 17.6 Å². The van der Waals surface area contributed by atoms with Gasteiger partial charge in [0.15, 0.2) is 0 Å². The smallest absolute Gasteiger partial charge is 0.133 e. The van der Waals surface area contributed by atoms with E-state index >= 15 is 0 Å². The van der Waals surface area contributed by atoms with Gasteiger partial charge in [-0.2, -0.15) is 0 Å².